The zero-order valence-electron chi connectivity index (χ0n) is 24.1. The molecular formula is C32H36ClN7O2. The molecule has 9 nitrogen and oxygen atoms in total. The lowest BCUT2D eigenvalue weighted by molar-refractivity contribution is -0.115. The number of nitrogens with zero attached hydrogens (tertiary/aromatic N) is 5. The second-order valence-corrected chi connectivity index (χ2v) is 10.4. The van der Waals surface area contributed by atoms with Crippen LogP contribution in [0.15, 0.2) is 65.6 Å². The van der Waals surface area contributed by atoms with Gasteiger partial charge in [0.25, 0.3) is 5.56 Å². The second-order valence-electron chi connectivity index (χ2n) is 9.96. The van der Waals surface area contributed by atoms with Crippen LogP contribution in [0.2, 0.25) is 5.02 Å². The van der Waals surface area contributed by atoms with Gasteiger partial charge in [0.15, 0.2) is 0 Å². The summed E-state index contributed by atoms with van der Waals surface area (Å²) in [6.45, 7) is 8.64. The lowest BCUT2D eigenvalue weighted by Gasteiger charge is -2.17. The minimum absolute atomic E-state index is 0.181. The smallest absolute Gasteiger partial charge is 0.260 e. The van der Waals surface area contributed by atoms with Crippen molar-refractivity contribution in [3.63, 3.8) is 0 Å². The third-order valence-corrected chi connectivity index (χ3v) is 7.50. The Kier molecular flexibility index (Phi) is 11.0. The predicted molar refractivity (Wildman–Crippen MR) is 169 cm³/mol. The van der Waals surface area contributed by atoms with E-state index in [1.807, 2.05) is 42.5 Å². The van der Waals surface area contributed by atoms with E-state index in [-0.39, 0.29) is 17.9 Å². The molecule has 0 radical (unpaired) electrons. The van der Waals surface area contributed by atoms with E-state index in [4.69, 9.17) is 21.8 Å². The number of rotatable bonds is 14. The number of nitriles is 1. The van der Waals surface area contributed by atoms with Gasteiger partial charge in [-0.05, 0) is 68.7 Å². The van der Waals surface area contributed by atoms with Crippen LogP contribution >= 0.6 is 11.6 Å². The van der Waals surface area contributed by atoms with E-state index in [1.165, 1.54) is 0 Å². The maximum atomic E-state index is 13.9. The highest BCUT2D eigenvalue weighted by Gasteiger charge is 2.15. The first-order valence-electron chi connectivity index (χ1n) is 14.3. The van der Waals surface area contributed by atoms with Gasteiger partial charge in [0, 0.05) is 46.5 Å². The van der Waals surface area contributed by atoms with E-state index in [9.17, 15) is 9.59 Å². The van der Waals surface area contributed by atoms with Crippen molar-refractivity contribution in [3.8, 4) is 17.2 Å². The molecule has 0 saturated carbocycles. The molecular weight excluding hydrogens is 550 g/mol. The van der Waals surface area contributed by atoms with Gasteiger partial charge in [-0.15, -0.1) is 0 Å². The number of carbonyl (C=O) groups is 1. The van der Waals surface area contributed by atoms with Crippen molar-refractivity contribution in [1.82, 2.24) is 19.4 Å². The summed E-state index contributed by atoms with van der Waals surface area (Å²) >= 11 is 6.48. The number of anilines is 2. The molecule has 10 heteroatoms. The molecule has 2 aromatic heterocycles. The summed E-state index contributed by atoms with van der Waals surface area (Å²) in [5.41, 5.74) is 3.12. The van der Waals surface area contributed by atoms with E-state index >= 15 is 0 Å². The topological polar surface area (TPSA) is 116 Å². The number of hydrogen-bond acceptors (Lipinski definition) is 7. The number of benzene rings is 2. The lowest BCUT2D eigenvalue weighted by Crippen LogP contribution is -2.25. The van der Waals surface area contributed by atoms with Crippen molar-refractivity contribution in [2.45, 2.75) is 46.1 Å². The predicted octanol–water partition coefficient (Wildman–Crippen LogP) is 5.74. The first kappa shape index (κ1) is 30.7. The molecule has 218 valence electrons. The number of aryl methyl sites for hydroxylation is 2. The molecule has 0 saturated heterocycles. The molecule has 0 bridgehead atoms. The fraction of sp³-hybridized carbons (Fsp3) is 0.344. The van der Waals surface area contributed by atoms with Crippen molar-refractivity contribution in [2.24, 2.45) is 0 Å². The second kappa shape index (κ2) is 15.1. The average Bonchev–Trinajstić information content (AvgIpc) is 2.99. The monoisotopic (exact) mass is 585 g/mol. The molecule has 4 aromatic rings. The maximum Gasteiger partial charge on any atom is 0.260 e. The summed E-state index contributed by atoms with van der Waals surface area (Å²) in [4.78, 5) is 37.3. The number of unbranched alkanes of at least 4 members (excludes halogenated alkanes) is 1. The summed E-state index contributed by atoms with van der Waals surface area (Å²) in [5, 5.41) is 16.0. The summed E-state index contributed by atoms with van der Waals surface area (Å²) in [7, 11) is 0. The van der Waals surface area contributed by atoms with Gasteiger partial charge in [-0.25, -0.2) is 4.98 Å². The van der Waals surface area contributed by atoms with Crippen molar-refractivity contribution in [3.05, 3.63) is 81.7 Å². The van der Waals surface area contributed by atoms with Gasteiger partial charge < -0.3 is 15.5 Å². The molecule has 0 spiro atoms. The van der Waals surface area contributed by atoms with Crippen molar-refractivity contribution >= 4 is 40.2 Å². The molecule has 0 atom stereocenters. The fourth-order valence-electron chi connectivity index (χ4n) is 4.80. The third-order valence-electron chi connectivity index (χ3n) is 7.17. The first-order chi connectivity index (χ1) is 20.4. The van der Waals surface area contributed by atoms with E-state index < -0.39 is 0 Å². The number of carbonyl (C=O) groups excluding carboxylic acids is 1. The molecule has 0 aliphatic heterocycles. The van der Waals surface area contributed by atoms with Crippen molar-refractivity contribution in [1.29, 1.82) is 5.26 Å². The van der Waals surface area contributed by atoms with E-state index in [0.717, 1.165) is 50.0 Å². The number of amides is 1. The van der Waals surface area contributed by atoms with Crippen LogP contribution in [0, 0.1) is 11.3 Å². The minimum Gasteiger partial charge on any atom is -0.354 e. The van der Waals surface area contributed by atoms with Gasteiger partial charge in [-0.3, -0.25) is 14.2 Å². The molecule has 0 aliphatic carbocycles. The Morgan fingerprint density at radius 3 is 2.55 bits per heavy atom. The largest absolute Gasteiger partial charge is 0.354 e. The van der Waals surface area contributed by atoms with Gasteiger partial charge >= 0.3 is 0 Å². The van der Waals surface area contributed by atoms with Gasteiger partial charge in [0.05, 0.1) is 6.07 Å². The van der Waals surface area contributed by atoms with Crippen molar-refractivity contribution in [2.75, 3.05) is 36.8 Å². The Hall–Kier alpha value is -4.26. The van der Waals surface area contributed by atoms with Crippen LogP contribution < -0.4 is 16.2 Å². The van der Waals surface area contributed by atoms with Gasteiger partial charge in [0.2, 0.25) is 11.9 Å². The Labute approximate surface area is 251 Å². The molecule has 2 N–H and O–H groups in total. The molecule has 2 heterocycles. The van der Waals surface area contributed by atoms with Crippen LogP contribution in [0.25, 0.3) is 22.2 Å². The summed E-state index contributed by atoms with van der Waals surface area (Å²) < 4.78 is 1.68. The Balaban J connectivity index is 1.58. The quantitative estimate of drug-likeness (QED) is 0.181. The highest BCUT2D eigenvalue weighted by molar-refractivity contribution is 6.33. The van der Waals surface area contributed by atoms with Gasteiger partial charge in [0.1, 0.15) is 12.1 Å². The highest BCUT2D eigenvalue weighted by Crippen LogP contribution is 2.27. The Morgan fingerprint density at radius 2 is 1.83 bits per heavy atom. The van der Waals surface area contributed by atoms with Crippen LogP contribution in [0.5, 0.6) is 0 Å². The standard InChI is InChI=1S/C32H36ClN7O2/c1-3-39(4-2)19-8-7-18-35-32-36-22-24-21-27(26-9-5-6-10-28(26)33)31(42)40(30(24)38-32)20-16-23-11-13-25(14-12-23)37-29(41)15-17-34/h5-6,9-14,21-22H,3-4,7-8,15-16,18-20H2,1-2H3,(H,37,41)(H,35,36,38). The fourth-order valence-corrected chi connectivity index (χ4v) is 5.03. The van der Waals surface area contributed by atoms with Gasteiger partial charge in [-0.1, -0.05) is 55.8 Å². The van der Waals surface area contributed by atoms with Crippen LogP contribution in [0.1, 0.15) is 38.7 Å². The molecule has 4 rings (SSSR count). The Bertz CT molecular complexity index is 1610. The number of halogens is 1. The van der Waals surface area contributed by atoms with E-state index in [1.54, 1.807) is 29.0 Å². The molecule has 42 heavy (non-hydrogen) atoms. The molecule has 1 amide bonds. The lowest BCUT2D eigenvalue weighted by atomic mass is 10.1. The number of hydrogen-bond donors (Lipinski definition) is 2. The number of fused-ring (bicyclic) bond motifs is 1. The highest BCUT2D eigenvalue weighted by atomic mass is 35.5. The van der Waals surface area contributed by atoms with E-state index in [2.05, 4.69) is 34.4 Å². The molecule has 0 aliphatic rings. The average molecular weight is 586 g/mol. The SMILES string of the molecule is CCN(CC)CCCCNc1ncc2cc(-c3ccccc3Cl)c(=O)n(CCc3ccc(NC(=O)CC#N)cc3)c2n1. The normalized spacial score (nSPS) is 11.0. The number of pyridine rings is 1. The van der Waals surface area contributed by atoms with Crippen LogP contribution in [0.4, 0.5) is 11.6 Å². The zero-order chi connectivity index (χ0) is 29.9. The molecule has 2 aromatic carbocycles. The zero-order valence-corrected chi connectivity index (χ0v) is 24.8. The van der Waals surface area contributed by atoms with Crippen LogP contribution in [-0.4, -0.2) is 51.5 Å². The summed E-state index contributed by atoms with van der Waals surface area (Å²) in [6, 6.07) is 18.3. The Morgan fingerprint density at radius 1 is 1.07 bits per heavy atom. The maximum absolute atomic E-state index is 13.9. The number of aromatic nitrogens is 3. The van der Waals surface area contributed by atoms with E-state index in [0.29, 0.717) is 46.4 Å². The third kappa shape index (κ3) is 7.93. The minimum atomic E-state index is -0.354. The first-order valence-corrected chi connectivity index (χ1v) is 14.7. The van der Waals surface area contributed by atoms with Gasteiger partial charge in [-0.2, -0.15) is 10.2 Å². The van der Waals surface area contributed by atoms with Crippen LogP contribution in [0.3, 0.4) is 0 Å². The number of nitrogens with one attached hydrogen (secondary N) is 2. The summed E-state index contributed by atoms with van der Waals surface area (Å²) in [5.74, 6) is 0.133. The van der Waals surface area contributed by atoms with Crippen molar-refractivity contribution < 1.29 is 4.79 Å². The summed E-state index contributed by atoms with van der Waals surface area (Å²) in [6.07, 6.45) is 4.17. The van der Waals surface area contributed by atoms with Crippen LogP contribution in [-0.2, 0) is 17.8 Å². The molecule has 0 fully saturated rings. The molecule has 0 unspecified atom stereocenters.